The zero-order chi connectivity index (χ0) is 24.4. The van der Waals surface area contributed by atoms with Crippen molar-refractivity contribution in [2.75, 3.05) is 0 Å². The normalized spacial score (nSPS) is 23.5. The highest BCUT2D eigenvalue weighted by Crippen LogP contribution is 2.38. The van der Waals surface area contributed by atoms with E-state index in [1.165, 1.54) is 9.47 Å². The number of hydrogen-bond acceptors (Lipinski definition) is 5. The smallest absolute Gasteiger partial charge is 0.416 e. The topological polar surface area (TPSA) is 101 Å². The summed E-state index contributed by atoms with van der Waals surface area (Å²) in [5.74, 6) is -3.58. The second-order valence-electron chi connectivity index (χ2n) is 8.64. The first-order chi connectivity index (χ1) is 16.0. The summed E-state index contributed by atoms with van der Waals surface area (Å²) in [6, 6.07) is 1.80. The molecule has 0 radical (unpaired) electrons. The highest BCUT2D eigenvalue weighted by molar-refractivity contribution is 5.99. The second kappa shape index (κ2) is 7.83. The number of halogens is 4. The van der Waals surface area contributed by atoms with Gasteiger partial charge in [0.05, 0.1) is 18.2 Å². The maximum atomic E-state index is 13.6. The van der Waals surface area contributed by atoms with E-state index in [4.69, 9.17) is 4.74 Å². The van der Waals surface area contributed by atoms with Gasteiger partial charge < -0.3 is 24.6 Å². The van der Waals surface area contributed by atoms with Crippen LogP contribution in [0.2, 0.25) is 0 Å². The molecule has 3 atom stereocenters. The molecule has 180 valence electrons. The number of pyridine rings is 1. The first-order valence-electron chi connectivity index (χ1n) is 10.6. The lowest BCUT2D eigenvalue weighted by molar-refractivity contribution is -0.137. The molecule has 1 saturated heterocycles. The maximum absolute atomic E-state index is 13.6. The first-order valence-corrected chi connectivity index (χ1v) is 10.6. The van der Waals surface area contributed by atoms with Gasteiger partial charge in [-0.3, -0.25) is 14.4 Å². The van der Waals surface area contributed by atoms with Crippen LogP contribution >= 0.6 is 0 Å². The molecule has 2 aliphatic heterocycles. The molecule has 2 aromatic rings. The number of nitrogens with zero attached hydrogens (tertiary/aromatic N) is 2. The Morgan fingerprint density at radius 2 is 1.97 bits per heavy atom. The quantitative estimate of drug-likeness (QED) is 0.656. The van der Waals surface area contributed by atoms with Crippen molar-refractivity contribution >= 4 is 11.8 Å². The van der Waals surface area contributed by atoms with E-state index in [0.29, 0.717) is 18.6 Å². The molecule has 0 unspecified atom stereocenters. The lowest BCUT2D eigenvalue weighted by Gasteiger charge is -2.44. The number of nitrogens with one attached hydrogen (secondary N) is 1. The van der Waals surface area contributed by atoms with Crippen molar-refractivity contribution in [2.24, 2.45) is 0 Å². The van der Waals surface area contributed by atoms with Gasteiger partial charge in [0.25, 0.3) is 11.8 Å². The van der Waals surface area contributed by atoms with Crippen molar-refractivity contribution in [2.45, 2.75) is 56.9 Å². The Kier molecular flexibility index (Phi) is 5.15. The summed E-state index contributed by atoms with van der Waals surface area (Å²) >= 11 is 0. The zero-order valence-electron chi connectivity index (χ0n) is 17.6. The third-order valence-electron chi connectivity index (χ3n) is 6.44. The fraction of sp³-hybridized carbons (Fsp3) is 0.409. The van der Waals surface area contributed by atoms with Gasteiger partial charge in [-0.15, -0.1) is 0 Å². The largest absolute Gasteiger partial charge is 0.503 e. The number of fused-ring (bicyclic) bond motifs is 5. The Bertz CT molecular complexity index is 1260. The van der Waals surface area contributed by atoms with E-state index in [-0.39, 0.29) is 29.9 Å². The summed E-state index contributed by atoms with van der Waals surface area (Å²) in [4.78, 5) is 39.9. The average Bonchev–Trinajstić information content (AvgIpc) is 3.14. The minimum atomic E-state index is -4.77. The molecule has 34 heavy (non-hydrogen) atoms. The van der Waals surface area contributed by atoms with Gasteiger partial charge in [0.2, 0.25) is 5.43 Å². The van der Waals surface area contributed by atoms with E-state index in [1.807, 2.05) is 0 Å². The predicted molar refractivity (Wildman–Crippen MR) is 107 cm³/mol. The number of benzene rings is 1. The van der Waals surface area contributed by atoms with Crippen LogP contribution in [0.3, 0.4) is 0 Å². The predicted octanol–water partition coefficient (Wildman–Crippen LogP) is 2.38. The van der Waals surface area contributed by atoms with E-state index in [1.54, 1.807) is 0 Å². The molecule has 5 rings (SSSR count). The number of aromatic hydroxyl groups is 1. The van der Waals surface area contributed by atoms with E-state index < -0.39 is 58.9 Å². The Morgan fingerprint density at radius 1 is 1.21 bits per heavy atom. The molecule has 2 fully saturated rings. The van der Waals surface area contributed by atoms with E-state index in [9.17, 15) is 37.1 Å². The van der Waals surface area contributed by atoms with Crippen LogP contribution in [-0.2, 0) is 24.0 Å². The van der Waals surface area contributed by atoms with Gasteiger partial charge in [0, 0.05) is 18.8 Å². The monoisotopic (exact) mass is 481 g/mol. The van der Waals surface area contributed by atoms with E-state index in [2.05, 4.69) is 5.32 Å². The molecule has 2 N–H and O–H groups in total. The van der Waals surface area contributed by atoms with Gasteiger partial charge in [0.1, 0.15) is 11.4 Å². The number of hydrogen-bond donors (Lipinski definition) is 2. The molecule has 3 aliphatic rings. The Hall–Kier alpha value is -3.41. The lowest BCUT2D eigenvalue weighted by Crippen LogP contribution is -2.57. The first kappa shape index (κ1) is 22.4. The number of alkyl halides is 3. The Labute approximate surface area is 189 Å². The van der Waals surface area contributed by atoms with Crippen LogP contribution in [0.25, 0.3) is 0 Å². The summed E-state index contributed by atoms with van der Waals surface area (Å²) in [6.45, 7) is -0.398. The number of carbonyl (C=O) groups excluding carboxylic acids is 2. The van der Waals surface area contributed by atoms with E-state index >= 15 is 0 Å². The highest BCUT2D eigenvalue weighted by atomic mass is 19.4. The Balaban J connectivity index is 1.41. The fourth-order valence-corrected chi connectivity index (χ4v) is 4.91. The van der Waals surface area contributed by atoms with Crippen molar-refractivity contribution in [3.8, 4) is 5.75 Å². The molecule has 12 heteroatoms. The van der Waals surface area contributed by atoms with Crippen molar-refractivity contribution in [3.63, 3.8) is 0 Å². The van der Waals surface area contributed by atoms with Crippen molar-refractivity contribution in [3.05, 3.63) is 62.8 Å². The third kappa shape index (κ3) is 3.71. The van der Waals surface area contributed by atoms with Crippen molar-refractivity contribution in [1.82, 2.24) is 14.8 Å². The van der Waals surface area contributed by atoms with Crippen molar-refractivity contribution < 1.29 is 37.0 Å². The van der Waals surface area contributed by atoms with Crippen LogP contribution < -0.4 is 10.7 Å². The molecule has 8 nitrogen and oxygen atoms in total. The number of rotatable bonds is 3. The number of ether oxygens (including phenoxy) is 1. The van der Waals surface area contributed by atoms with Gasteiger partial charge >= 0.3 is 6.18 Å². The molecule has 1 aromatic carbocycles. The summed E-state index contributed by atoms with van der Waals surface area (Å²) in [5.41, 5.74) is -3.22. The fourth-order valence-electron chi connectivity index (χ4n) is 4.91. The van der Waals surface area contributed by atoms with Gasteiger partial charge in [-0.1, -0.05) is 0 Å². The molecule has 2 amide bonds. The standard InChI is InChI=1S/C22H19F4N3O5/c23-12-4-10(3-11(5-12)22(24,25)26)7-27-20(32)15-8-28-9-16-29(13-1-2-14(6-13)34-16)21(33)17(28)19(31)18(15)30/h3-5,8,13-14,16,31H,1-2,6-7,9H2,(H,27,32)/t13-,14+,16+/m1/s1. The van der Waals surface area contributed by atoms with Gasteiger partial charge in [0.15, 0.2) is 17.7 Å². The molecular formula is C22H19F4N3O5. The minimum Gasteiger partial charge on any atom is -0.503 e. The molecule has 1 aromatic heterocycles. The van der Waals surface area contributed by atoms with Crippen LogP contribution in [-0.4, -0.2) is 44.8 Å². The average molecular weight is 481 g/mol. The van der Waals surface area contributed by atoms with Gasteiger partial charge in [-0.2, -0.15) is 13.2 Å². The SMILES string of the molecule is O=C(NCc1cc(F)cc(C(F)(F)F)c1)c1cn2c(c(O)c1=O)C(=O)N1[C@@H]3CC[C@@H](C3)O[C@H]1C2. The third-order valence-corrected chi connectivity index (χ3v) is 6.44. The number of amides is 2. The second-order valence-corrected chi connectivity index (χ2v) is 8.64. The van der Waals surface area contributed by atoms with Crippen LogP contribution in [0.5, 0.6) is 5.75 Å². The number of carbonyl (C=O) groups is 2. The van der Waals surface area contributed by atoms with Crippen LogP contribution in [0, 0.1) is 5.82 Å². The highest BCUT2D eigenvalue weighted by Gasteiger charge is 2.47. The summed E-state index contributed by atoms with van der Waals surface area (Å²) < 4.78 is 59.5. The van der Waals surface area contributed by atoms with Crippen LogP contribution in [0.15, 0.2) is 29.2 Å². The molecule has 1 saturated carbocycles. The molecule has 3 heterocycles. The van der Waals surface area contributed by atoms with Crippen molar-refractivity contribution in [1.29, 1.82) is 0 Å². The van der Waals surface area contributed by atoms with Crippen LogP contribution in [0.1, 0.15) is 51.2 Å². The number of aromatic nitrogens is 1. The van der Waals surface area contributed by atoms with Crippen LogP contribution in [0.4, 0.5) is 17.6 Å². The van der Waals surface area contributed by atoms with Gasteiger partial charge in [-0.25, -0.2) is 4.39 Å². The molecule has 2 bridgehead atoms. The van der Waals surface area contributed by atoms with Gasteiger partial charge in [-0.05, 0) is 43.0 Å². The summed E-state index contributed by atoms with van der Waals surface area (Å²) in [7, 11) is 0. The maximum Gasteiger partial charge on any atom is 0.416 e. The lowest BCUT2D eigenvalue weighted by atomic mass is 10.1. The zero-order valence-corrected chi connectivity index (χ0v) is 17.6. The molecular weight excluding hydrogens is 462 g/mol. The summed E-state index contributed by atoms with van der Waals surface area (Å²) in [6.07, 6.45) is -1.99. The summed E-state index contributed by atoms with van der Waals surface area (Å²) in [5, 5.41) is 12.7. The molecule has 0 spiro atoms. The minimum absolute atomic E-state index is 0.0178. The molecule has 1 aliphatic carbocycles. The Morgan fingerprint density at radius 3 is 2.71 bits per heavy atom. The van der Waals surface area contributed by atoms with E-state index in [0.717, 1.165) is 25.1 Å².